The van der Waals surface area contributed by atoms with Crippen molar-refractivity contribution in [3.8, 4) is 11.3 Å². The number of hydrogen-bond donors (Lipinski definition) is 1. The second kappa shape index (κ2) is 6.92. The molecule has 26 heavy (non-hydrogen) atoms. The topological polar surface area (TPSA) is 76.7 Å². The van der Waals surface area contributed by atoms with Crippen LogP contribution in [0.4, 0.5) is 5.95 Å². The second-order valence-electron chi connectivity index (χ2n) is 6.06. The van der Waals surface area contributed by atoms with Crippen molar-refractivity contribution in [2.45, 2.75) is 26.3 Å². The molecular formula is C20H19N5O. The first-order valence-corrected chi connectivity index (χ1v) is 8.63. The maximum absolute atomic E-state index is 5.11. The Morgan fingerprint density at radius 3 is 2.46 bits per heavy atom. The number of fused-ring (bicyclic) bond motifs is 1. The van der Waals surface area contributed by atoms with Crippen molar-refractivity contribution in [3.05, 3.63) is 66.3 Å². The number of hydrogen-bond acceptors (Lipinski definition) is 6. The minimum atomic E-state index is -0.114. The van der Waals surface area contributed by atoms with Gasteiger partial charge in [0.15, 0.2) is 5.82 Å². The molecule has 6 heteroatoms. The Hall–Kier alpha value is -3.28. The SMILES string of the molecule is CCC(Nc1nc(-c2ccccc2)c2ccccc2n1)c1noc(C)n1. The summed E-state index contributed by atoms with van der Waals surface area (Å²) in [5, 5.41) is 8.40. The molecule has 0 bridgehead atoms. The molecule has 4 aromatic rings. The predicted octanol–water partition coefficient (Wildman–Crippen LogP) is 4.55. The normalized spacial score (nSPS) is 12.2. The lowest BCUT2D eigenvalue weighted by atomic mass is 10.1. The van der Waals surface area contributed by atoms with Crippen LogP contribution >= 0.6 is 0 Å². The third kappa shape index (κ3) is 3.13. The summed E-state index contributed by atoms with van der Waals surface area (Å²) in [6, 6.07) is 18.0. The molecule has 4 rings (SSSR count). The summed E-state index contributed by atoms with van der Waals surface area (Å²) in [7, 11) is 0. The van der Waals surface area contributed by atoms with Crippen LogP contribution in [0.1, 0.15) is 31.1 Å². The molecular weight excluding hydrogens is 326 g/mol. The van der Waals surface area contributed by atoms with Gasteiger partial charge in [0.25, 0.3) is 0 Å². The fourth-order valence-electron chi connectivity index (χ4n) is 2.92. The monoisotopic (exact) mass is 345 g/mol. The summed E-state index contributed by atoms with van der Waals surface area (Å²) in [6.45, 7) is 3.84. The van der Waals surface area contributed by atoms with Gasteiger partial charge in [0.2, 0.25) is 11.8 Å². The summed E-state index contributed by atoms with van der Waals surface area (Å²) < 4.78 is 5.11. The van der Waals surface area contributed by atoms with Gasteiger partial charge in [-0.15, -0.1) is 0 Å². The maximum Gasteiger partial charge on any atom is 0.224 e. The molecule has 0 fully saturated rings. The molecule has 130 valence electrons. The van der Waals surface area contributed by atoms with E-state index in [9.17, 15) is 0 Å². The zero-order valence-corrected chi connectivity index (χ0v) is 14.7. The Balaban J connectivity index is 1.78. The molecule has 0 saturated heterocycles. The highest BCUT2D eigenvalue weighted by Crippen LogP contribution is 2.28. The van der Waals surface area contributed by atoms with E-state index in [2.05, 4.69) is 39.5 Å². The van der Waals surface area contributed by atoms with Crippen LogP contribution in [0.25, 0.3) is 22.2 Å². The first-order chi connectivity index (χ1) is 12.7. The van der Waals surface area contributed by atoms with Crippen LogP contribution in [0.5, 0.6) is 0 Å². The first-order valence-electron chi connectivity index (χ1n) is 8.63. The number of benzene rings is 2. The van der Waals surface area contributed by atoms with Gasteiger partial charge < -0.3 is 9.84 Å². The van der Waals surface area contributed by atoms with Gasteiger partial charge in [-0.1, -0.05) is 60.6 Å². The van der Waals surface area contributed by atoms with Crippen molar-refractivity contribution in [3.63, 3.8) is 0 Å². The molecule has 6 nitrogen and oxygen atoms in total. The number of nitrogens with zero attached hydrogens (tertiary/aromatic N) is 4. The molecule has 2 aromatic carbocycles. The van der Waals surface area contributed by atoms with Gasteiger partial charge in [0, 0.05) is 17.9 Å². The van der Waals surface area contributed by atoms with Crippen molar-refractivity contribution < 1.29 is 4.52 Å². The minimum Gasteiger partial charge on any atom is -0.344 e. The maximum atomic E-state index is 5.11. The van der Waals surface area contributed by atoms with E-state index in [-0.39, 0.29) is 6.04 Å². The van der Waals surface area contributed by atoms with Crippen molar-refractivity contribution in [2.75, 3.05) is 5.32 Å². The summed E-state index contributed by atoms with van der Waals surface area (Å²) in [6.07, 6.45) is 0.788. The Bertz CT molecular complexity index is 1030. The average molecular weight is 345 g/mol. The Kier molecular flexibility index (Phi) is 4.31. The molecule has 1 atom stereocenters. The van der Waals surface area contributed by atoms with Gasteiger partial charge in [0.05, 0.1) is 17.3 Å². The van der Waals surface area contributed by atoms with E-state index < -0.39 is 0 Å². The van der Waals surface area contributed by atoms with E-state index >= 15 is 0 Å². The number of para-hydroxylation sites is 1. The standard InChI is InChI=1S/C20H19N5O/c1-3-16(19-21-13(2)26-25-19)22-20-23-17-12-8-7-11-15(17)18(24-20)14-9-5-4-6-10-14/h4-12,16H,3H2,1-2H3,(H,22,23,24). The largest absolute Gasteiger partial charge is 0.344 e. The molecule has 0 amide bonds. The lowest BCUT2D eigenvalue weighted by Crippen LogP contribution is -2.14. The number of aromatic nitrogens is 4. The van der Waals surface area contributed by atoms with Crippen molar-refractivity contribution >= 4 is 16.9 Å². The van der Waals surface area contributed by atoms with Crippen LogP contribution in [0, 0.1) is 6.92 Å². The molecule has 0 aliphatic heterocycles. The molecule has 0 saturated carbocycles. The number of anilines is 1. The average Bonchev–Trinajstić information content (AvgIpc) is 3.12. The fourth-order valence-corrected chi connectivity index (χ4v) is 2.92. The Morgan fingerprint density at radius 1 is 0.962 bits per heavy atom. The zero-order chi connectivity index (χ0) is 17.9. The molecule has 2 aromatic heterocycles. The van der Waals surface area contributed by atoms with E-state index in [1.165, 1.54) is 0 Å². The van der Waals surface area contributed by atoms with Crippen LogP contribution in [0.3, 0.4) is 0 Å². The molecule has 2 heterocycles. The molecule has 1 unspecified atom stereocenters. The van der Waals surface area contributed by atoms with E-state index in [4.69, 9.17) is 9.51 Å². The third-order valence-electron chi connectivity index (χ3n) is 4.22. The highest BCUT2D eigenvalue weighted by Gasteiger charge is 2.18. The summed E-state index contributed by atoms with van der Waals surface area (Å²) >= 11 is 0. The van der Waals surface area contributed by atoms with Crippen molar-refractivity contribution in [1.29, 1.82) is 0 Å². The smallest absolute Gasteiger partial charge is 0.224 e. The lowest BCUT2D eigenvalue weighted by molar-refractivity contribution is 0.384. The molecule has 0 aliphatic carbocycles. The highest BCUT2D eigenvalue weighted by molar-refractivity contribution is 5.93. The van der Waals surface area contributed by atoms with Crippen molar-refractivity contribution in [2.24, 2.45) is 0 Å². The minimum absolute atomic E-state index is 0.114. The molecule has 0 spiro atoms. The van der Waals surface area contributed by atoms with Gasteiger partial charge in [-0.2, -0.15) is 4.98 Å². The van der Waals surface area contributed by atoms with Crippen LogP contribution in [-0.2, 0) is 0 Å². The quantitative estimate of drug-likeness (QED) is 0.572. The van der Waals surface area contributed by atoms with E-state index in [0.717, 1.165) is 28.6 Å². The van der Waals surface area contributed by atoms with E-state index in [1.54, 1.807) is 6.92 Å². The Labute approximate surface area is 151 Å². The van der Waals surface area contributed by atoms with E-state index in [1.807, 2.05) is 42.5 Å². The molecule has 1 N–H and O–H groups in total. The van der Waals surface area contributed by atoms with Gasteiger partial charge in [0.1, 0.15) is 0 Å². The van der Waals surface area contributed by atoms with Crippen LogP contribution in [-0.4, -0.2) is 20.1 Å². The molecule has 0 radical (unpaired) electrons. The van der Waals surface area contributed by atoms with Crippen molar-refractivity contribution in [1.82, 2.24) is 20.1 Å². The van der Waals surface area contributed by atoms with Crippen LogP contribution in [0.15, 0.2) is 59.1 Å². The lowest BCUT2D eigenvalue weighted by Gasteiger charge is -2.15. The highest BCUT2D eigenvalue weighted by atomic mass is 16.5. The predicted molar refractivity (Wildman–Crippen MR) is 101 cm³/mol. The second-order valence-corrected chi connectivity index (χ2v) is 6.06. The third-order valence-corrected chi connectivity index (χ3v) is 4.22. The fraction of sp³-hybridized carbons (Fsp3) is 0.200. The zero-order valence-electron chi connectivity index (χ0n) is 14.7. The Morgan fingerprint density at radius 2 is 1.73 bits per heavy atom. The first kappa shape index (κ1) is 16.2. The number of rotatable bonds is 5. The summed E-state index contributed by atoms with van der Waals surface area (Å²) in [4.78, 5) is 13.8. The number of aryl methyl sites for hydroxylation is 1. The summed E-state index contributed by atoms with van der Waals surface area (Å²) in [5.41, 5.74) is 2.85. The van der Waals surface area contributed by atoms with Crippen LogP contribution in [0.2, 0.25) is 0 Å². The van der Waals surface area contributed by atoms with Gasteiger partial charge in [-0.25, -0.2) is 9.97 Å². The van der Waals surface area contributed by atoms with Crippen LogP contribution < -0.4 is 5.32 Å². The number of nitrogens with one attached hydrogen (secondary N) is 1. The van der Waals surface area contributed by atoms with Gasteiger partial charge >= 0.3 is 0 Å². The van der Waals surface area contributed by atoms with E-state index in [0.29, 0.717) is 17.7 Å². The summed E-state index contributed by atoms with van der Waals surface area (Å²) in [5.74, 6) is 1.71. The van der Waals surface area contributed by atoms with Gasteiger partial charge in [-0.05, 0) is 12.5 Å². The molecule has 0 aliphatic rings. The van der Waals surface area contributed by atoms with Gasteiger partial charge in [-0.3, -0.25) is 0 Å².